The maximum Gasteiger partial charge on any atom is 0.236 e. The zero-order valence-corrected chi connectivity index (χ0v) is 13.7. The molecule has 1 aromatic carbocycles. The van der Waals surface area contributed by atoms with Gasteiger partial charge in [-0.1, -0.05) is 24.3 Å². The Balaban J connectivity index is 2.00. The van der Waals surface area contributed by atoms with Crippen LogP contribution in [0.25, 0.3) is 0 Å². The van der Waals surface area contributed by atoms with Crippen molar-refractivity contribution in [1.29, 1.82) is 0 Å². The minimum Gasteiger partial charge on any atom is -0.373 e. The van der Waals surface area contributed by atoms with Gasteiger partial charge < -0.3 is 15.8 Å². The minimum atomic E-state index is -0.479. The van der Waals surface area contributed by atoms with Gasteiger partial charge >= 0.3 is 0 Å². The number of nitrogens with two attached hydrogens (primary N) is 1. The Morgan fingerprint density at radius 2 is 1.91 bits per heavy atom. The smallest absolute Gasteiger partial charge is 0.236 e. The van der Waals surface area contributed by atoms with Crippen LogP contribution in [0.5, 0.6) is 0 Å². The number of hydrogen-bond donors (Lipinski definition) is 2. The molecule has 1 aromatic rings. The second-order valence-corrected chi connectivity index (χ2v) is 6.23. The van der Waals surface area contributed by atoms with Crippen LogP contribution in [0.1, 0.15) is 31.9 Å². The molecule has 0 unspecified atom stereocenters. The van der Waals surface area contributed by atoms with Gasteiger partial charge in [0.1, 0.15) is 0 Å². The summed E-state index contributed by atoms with van der Waals surface area (Å²) >= 11 is 0. The molecule has 5 nitrogen and oxygen atoms in total. The first kappa shape index (κ1) is 16.9. The Kier molecular flexibility index (Phi) is 5.94. The van der Waals surface area contributed by atoms with Crippen LogP contribution in [-0.2, 0) is 22.6 Å². The fourth-order valence-electron chi connectivity index (χ4n) is 2.88. The van der Waals surface area contributed by atoms with Crippen LogP contribution in [0.15, 0.2) is 24.3 Å². The highest BCUT2D eigenvalue weighted by Crippen LogP contribution is 2.17. The summed E-state index contributed by atoms with van der Waals surface area (Å²) in [6.45, 7) is 9.18. The average molecular weight is 305 g/mol. The molecule has 122 valence electrons. The number of ether oxygens (including phenoxy) is 1. The molecule has 1 amide bonds. The Labute approximate surface area is 132 Å². The molecule has 1 saturated heterocycles. The molecule has 3 atom stereocenters. The molecule has 2 rings (SSSR count). The molecule has 3 N–H and O–H groups in total. The van der Waals surface area contributed by atoms with E-state index < -0.39 is 6.04 Å². The standard InChI is InChI=1S/C17H27N3O2/c1-12-9-20(10-13(2)22-12)11-16-7-5-4-6-15(16)8-19-17(21)14(3)18/h4-7,12-14H,8-11,18H2,1-3H3,(H,19,21)/t12-,13-,14+/m1/s1. The second kappa shape index (κ2) is 7.72. The molecular weight excluding hydrogens is 278 g/mol. The van der Waals surface area contributed by atoms with Crippen LogP contribution in [-0.4, -0.2) is 42.1 Å². The second-order valence-electron chi connectivity index (χ2n) is 6.23. The molecule has 0 aromatic heterocycles. The normalized spacial score (nSPS) is 24.0. The van der Waals surface area contributed by atoms with Crippen LogP contribution >= 0.6 is 0 Å². The first-order valence-electron chi connectivity index (χ1n) is 7.93. The number of carbonyl (C=O) groups excluding carboxylic acids is 1. The van der Waals surface area contributed by atoms with Crippen molar-refractivity contribution in [2.24, 2.45) is 5.73 Å². The summed E-state index contributed by atoms with van der Waals surface area (Å²) in [5.41, 5.74) is 7.97. The summed E-state index contributed by atoms with van der Waals surface area (Å²) in [4.78, 5) is 14.0. The molecular formula is C17H27N3O2. The highest BCUT2D eigenvalue weighted by molar-refractivity contribution is 5.80. The van der Waals surface area contributed by atoms with E-state index in [2.05, 4.69) is 36.2 Å². The van der Waals surface area contributed by atoms with Crippen molar-refractivity contribution in [3.8, 4) is 0 Å². The third-order valence-corrected chi connectivity index (χ3v) is 3.87. The molecule has 0 spiro atoms. The van der Waals surface area contributed by atoms with Gasteiger partial charge in [-0.3, -0.25) is 9.69 Å². The van der Waals surface area contributed by atoms with Gasteiger partial charge in [-0.05, 0) is 31.9 Å². The number of hydrogen-bond acceptors (Lipinski definition) is 4. The van der Waals surface area contributed by atoms with Crippen molar-refractivity contribution in [3.63, 3.8) is 0 Å². The highest BCUT2D eigenvalue weighted by atomic mass is 16.5. The van der Waals surface area contributed by atoms with Crippen molar-refractivity contribution in [1.82, 2.24) is 10.2 Å². The van der Waals surface area contributed by atoms with Crippen molar-refractivity contribution >= 4 is 5.91 Å². The summed E-state index contributed by atoms with van der Waals surface area (Å²) in [6, 6.07) is 7.75. The van der Waals surface area contributed by atoms with Crippen molar-refractivity contribution in [2.45, 2.75) is 52.1 Å². The maximum absolute atomic E-state index is 11.6. The lowest BCUT2D eigenvalue weighted by Crippen LogP contribution is -2.45. The highest BCUT2D eigenvalue weighted by Gasteiger charge is 2.22. The molecule has 0 bridgehead atoms. The van der Waals surface area contributed by atoms with Crippen LogP contribution < -0.4 is 11.1 Å². The summed E-state index contributed by atoms with van der Waals surface area (Å²) in [5.74, 6) is -0.122. The summed E-state index contributed by atoms with van der Waals surface area (Å²) in [7, 11) is 0. The van der Waals surface area contributed by atoms with Crippen LogP contribution in [0, 0.1) is 0 Å². The molecule has 5 heteroatoms. The van der Waals surface area contributed by atoms with Crippen molar-refractivity contribution in [2.75, 3.05) is 13.1 Å². The van der Waals surface area contributed by atoms with E-state index in [-0.39, 0.29) is 18.1 Å². The van der Waals surface area contributed by atoms with Crippen molar-refractivity contribution < 1.29 is 9.53 Å². The van der Waals surface area contributed by atoms with Crippen LogP contribution in [0.4, 0.5) is 0 Å². The number of nitrogens with zero attached hydrogens (tertiary/aromatic N) is 1. The monoisotopic (exact) mass is 305 g/mol. The van der Waals surface area contributed by atoms with E-state index in [4.69, 9.17) is 10.5 Å². The number of rotatable bonds is 5. The topological polar surface area (TPSA) is 67.6 Å². The van der Waals surface area contributed by atoms with Gasteiger partial charge in [0.25, 0.3) is 0 Å². The van der Waals surface area contributed by atoms with Gasteiger partial charge in [0, 0.05) is 26.2 Å². The first-order chi connectivity index (χ1) is 10.5. The quantitative estimate of drug-likeness (QED) is 0.859. The van der Waals surface area contributed by atoms with E-state index in [0.717, 1.165) is 25.2 Å². The number of morpholine rings is 1. The molecule has 1 heterocycles. The maximum atomic E-state index is 11.6. The molecule has 22 heavy (non-hydrogen) atoms. The molecule has 0 radical (unpaired) electrons. The Morgan fingerprint density at radius 3 is 2.50 bits per heavy atom. The fraction of sp³-hybridized carbons (Fsp3) is 0.588. The molecule has 1 fully saturated rings. The third kappa shape index (κ3) is 4.80. The van der Waals surface area contributed by atoms with Gasteiger partial charge in [-0.2, -0.15) is 0 Å². The van der Waals surface area contributed by atoms with E-state index in [0.29, 0.717) is 6.54 Å². The van der Waals surface area contributed by atoms with Crippen LogP contribution in [0.2, 0.25) is 0 Å². The summed E-state index contributed by atoms with van der Waals surface area (Å²) in [5, 5.41) is 2.89. The van der Waals surface area contributed by atoms with Gasteiger partial charge in [0.15, 0.2) is 0 Å². The molecule has 1 aliphatic heterocycles. The lowest BCUT2D eigenvalue weighted by atomic mass is 10.1. The largest absolute Gasteiger partial charge is 0.373 e. The minimum absolute atomic E-state index is 0.122. The summed E-state index contributed by atoms with van der Waals surface area (Å²) < 4.78 is 5.78. The van der Waals surface area contributed by atoms with E-state index >= 15 is 0 Å². The Hall–Kier alpha value is -1.43. The van der Waals surface area contributed by atoms with E-state index in [1.54, 1.807) is 6.92 Å². The number of benzene rings is 1. The predicted molar refractivity (Wildman–Crippen MR) is 87.2 cm³/mol. The number of carbonyl (C=O) groups is 1. The van der Waals surface area contributed by atoms with E-state index in [9.17, 15) is 4.79 Å². The van der Waals surface area contributed by atoms with Gasteiger partial charge in [-0.25, -0.2) is 0 Å². The fourth-order valence-corrected chi connectivity index (χ4v) is 2.88. The zero-order valence-electron chi connectivity index (χ0n) is 13.7. The first-order valence-corrected chi connectivity index (χ1v) is 7.93. The number of nitrogens with one attached hydrogen (secondary N) is 1. The summed E-state index contributed by atoms with van der Waals surface area (Å²) in [6.07, 6.45) is 0.516. The third-order valence-electron chi connectivity index (χ3n) is 3.87. The zero-order chi connectivity index (χ0) is 16.1. The Morgan fingerprint density at radius 1 is 1.32 bits per heavy atom. The van der Waals surface area contributed by atoms with Gasteiger partial charge in [-0.15, -0.1) is 0 Å². The average Bonchev–Trinajstić information content (AvgIpc) is 2.44. The molecule has 0 aliphatic carbocycles. The Bertz CT molecular complexity index is 494. The van der Waals surface area contributed by atoms with Crippen molar-refractivity contribution in [3.05, 3.63) is 35.4 Å². The lowest BCUT2D eigenvalue weighted by molar-refractivity contribution is -0.122. The van der Waals surface area contributed by atoms with Crippen LogP contribution in [0.3, 0.4) is 0 Å². The SMILES string of the molecule is C[C@@H]1CN(Cc2ccccc2CNC(=O)[C@H](C)N)C[C@@H](C)O1. The predicted octanol–water partition coefficient (Wildman–Crippen LogP) is 1.26. The molecule has 1 aliphatic rings. The van der Waals surface area contributed by atoms with E-state index in [1.807, 2.05) is 12.1 Å². The van der Waals surface area contributed by atoms with Gasteiger partial charge in [0.05, 0.1) is 18.2 Å². The lowest BCUT2D eigenvalue weighted by Gasteiger charge is -2.35. The van der Waals surface area contributed by atoms with Gasteiger partial charge in [0.2, 0.25) is 5.91 Å². The van der Waals surface area contributed by atoms with E-state index in [1.165, 1.54) is 5.56 Å². The molecule has 0 saturated carbocycles. The number of amides is 1.